The number of rotatable bonds is 8. The Balaban J connectivity index is 2.10. The van der Waals surface area contributed by atoms with Crippen molar-refractivity contribution in [2.75, 3.05) is 0 Å². The van der Waals surface area contributed by atoms with E-state index in [1.165, 1.54) is 30.5 Å². The average molecular weight is 385 g/mol. The third kappa shape index (κ3) is 5.88. The molecule has 2 N–H and O–H groups in total. The molecule has 0 aliphatic rings. The fourth-order valence-corrected chi connectivity index (χ4v) is 3.59. The zero-order valence-corrected chi connectivity index (χ0v) is 15.6. The summed E-state index contributed by atoms with van der Waals surface area (Å²) in [6, 6.07) is 8.35. The molecule has 0 aliphatic heterocycles. The van der Waals surface area contributed by atoms with Gasteiger partial charge < -0.3 is 9.73 Å². The highest BCUT2D eigenvalue weighted by Crippen LogP contribution is 2.16. The highest BCUT2D eigenvalue weighted by atomic mass is 35.5. The summed E-state index contributed by atoms with van der Waals surface area (Å²) in [5, 5.41) is 3.13. The molecule has 1 atom stereocenters. The lowest BCUT2D eigenvalue weighted by Crippen LogP contribution is -2.47. The van der Waals surface area contributed by atoms with Crippen LogP contribution >= 0.6 is 11.6 Å². The lowest BCUT2D eigenvalue weighted by atomic mass is 10.0. The van der Waals surface area contributed by atoms with Crippen molar-refractivity contribution in [1.82, 2.24) is 10.0 Å². The standard InChI is InChI=1S/C17H21ClN2O4S/c1-12(2)10-16(17(21)19-11-14-4-3-9-24-14)20-25(22,23)15-7-5-13(18)6-8-15/h3-9,12,16,20H,10-11H2,1-2H3,(H,19,21)/t16-/m0/s1. The second-order valence-electron chi connectivity index (χ2n) is 6.05. The van der Waals surface area contributed by atoms with E-state index in [1.54, 1.807) is 12.1 Å². The number of halogens is 1. The third-order valence-electron chi connectivity index (χ3n) is 3.46. The van der Waals surface area contributed by atoms with E-state index in [1.807, 2.05) is 13.8 Å². The lowest BCUT2D eigenvalue weighted by Gasteiger charge is -2.20. The van der Waals surface area contributed by atoms with E-state index in [9.17, 15) is 13.2 Å². The zero-order valence-electron chi connectivity index (χ0n) is 14.0. The first kappa shape index (κ1) is 19.5. The molecule has 1 amide bonds. The van der Waals surface area contributed by atoms with Gasteiger partial charge in [-0.2, -0.15) is 4.72 Å². The average Bonchev–Trinajstić information content (AvgIpc) is 3.05. The van der Waals surface area contributed by atoms with Crippen LogP contribution in [0.5, 0.6) is 0 Å². The van der Waals surface area contributed by atoms with Gasteiger partial charge in [-0.3, -0.25) is 4.79 Å². The Morgan fingerprint density at radius 2 is 1.88 bits per heavy atom. The molecule has 1 heterocycles. The fraction of sp³-hybridized carbons (Fsp3) is 0.353. The molecular formula is C17H21ClN2O4S. The molecule has 1 aromatic carbocycles. The van der Waals surface area contributed by atoms with Crippen molar-refractivity contribution in [3.63, 3.8) is 0 Å². The van der Waals surface area contributed by atoms with Gasteiger partial charge in [-0.1, -0.05) is 25.4 Å². The maximum atomic E-state index is 12.5. The molecule has 0 aliphatic carbocycles. The van der Waals surface area contributed by atoms with Gasteiger partial charge in [0, 0.05) is 5.02 Å². The molecule has 0 radical (unpaired) electrons. The Labute approximate surface area is 152 Å². The smallest absolute Gasteiger partial charge is 0.241 e. The van der Waals surface area contributed by atoms with E-state index < -0.39 is 22.0 Å². The zero-order chi connectivity index (χ0) is 18.4. The maximum absolute atomic E-state index is 12.5. The number of carbonyl (C=O) groups is 1. The van der Waals surface area contributed by atoms with Gasteiger partial charge in [0.15, 0.2) is 0 Å². The van der Waals surface area contributed by atoms with Gasteiger partial charge in [0.05, 0.1) is 17.7 Å². The molecule has 0 saturated carbocycles. The molecule has 0 fully saturated rings. The monoisotopic (exact) mass is 384 g/mol. The third-order valence-corrected chi connectivity index (χ3v) is 5.20. The summed E-state index contributed by atoms with van der Waals surface area (Å²) in [6.45, 7) is 4.04. The van der Waals surface area contributed by atoms with Crippen LogP contribution in [0.4, 0.5) is 0 Å². The first-order valence-electron chi connectivity index (χ1n) is 7.86. The van der Waals surface area contributed by atoms with Crippen LogP contribution in [0.3, 0.4) is 0 Å². The topological polar surface area (TPSA) is 88.4 Å². The number of benzene rings is 1. The van der Waals surface area contributed by atoms with Crippen molar-refractivity contribution in [3.05, 3.63) is 53.4 Å². The predicted octanol–water partition coefficient (Wildman–Crippen LogP) is 2.94. The van der Waals surface area contributed by atoms with Gasteiger partial charge in [-0.25, -0.2) is 8.42 Å². The minimum atomic E-state index is -3.83. The molecule has 8 heteroatoms. The van der Waals surface area contributed by atoms with Crippen molar-refractivity contribution < 1.29 is 17.6 Å². The molecule has 1 aromatic heterocycles. The first-order chi connectivity index (χ1) is 11.8. The minimum absolute atomic E-state index is 0.0597. The summed E-state index contributed by atoms with van der Waals surface area (Å²) in [7, 11) is -3.83. The van der Waals surface area contributed by atoms with Crippen LogP contribution in [0.2, 0.25) is 5.02 Å². The maximum Gasteiger partial charge on any atom is 0.241 e. The molecule has 0 unspecified atom stereocenters. The van der Waals surface area contributed by atoms with Crippen molar-refractivity contribution in [2.45, 2.75) is 37.8 Å². The van der Waals surface area contributed by atoms with Gasteiger partial charge in [0.25, 0.3) is 0 Å². The Morgan fingerprint density at radius 1 is 1.20 bits per heavy atom. The normalized spacial score (nSPS) is 13.0. The van der Waals surface area contributed by atoms with E-state index in [0.29, 0.717) is 17.2 Å². The second-order valence-corrected chi connectivity index (χ2v) is 8.20. The molecular weight excluding hydrogens is 364 g/mol. The van der Waals surface area contributed by atoms with E-state index in [4.69, 9.17) is 16.0 Å². The van der Waals surface area contributed by atoms with Crippen molar-refractivity contribution in [2.24, 2.45) is 5.92 Å². The highest BCUT2D eigenvalue weighted by Gasteiger charge is 2.26. The molecule has 0 saturated heterocycles. The van der Waals surface area contributed by atoms with Crippen LogP contribution in [-0.2, 0) is 21.4 Å². The summed E-state index contributed by atoms with van der Waals surface area (Å²) in [4.78, 5) is 12.5. The largest absolute Gasteiger partial charge is 0.467 e. The number of hydrogen-bond donors (Lipinski definition) is 2. The SMILES string of the molecule is CC(C)C[C@H](NS(=O)(=O)c1ccc(Cl)cc1)C(=O)NCc1ccco1. The Hall–Kier alpha value is -1.83. The number of sulfonamides is 1. The van der Waals surface area contributed by atoms with Crippen molar-refractivity contribution >= 4 is 27.5 Å². The summed E-state index contributed by atoms with van der Waals surface area (Å²) < 4.78 is 32.7. The summed E-state index contributed by atoms with van der Waals surface area (Å²) in [5.74, 6) is 0.326. The summed E-state index contributed by atoms with van der Waals surface area (Å²) >= 11 is 5.79. The van der Waals surface area contributed by atoms with Crippen LogP contribution < -0.4 is 10.0 Å². The predicted molar refractivity (Wildman–Crippen MR) is 95.6 cm³/mol. The van der Waals surface area contributed by atoms with Gasteiger partial charge in [0.1, 0.15) is 11.8 Å². The number of hydrogen-bond acceptors (Lipinski definition) is 4. The van der Waals surface area contributed by atoms with E-state index in [0.717, 1.165) is 0 Å². The van der Waals surface area contributed by atoms with Crippen molar-refractivity contribution in [3.8, 4) is 0 Å². The molecule has 2 aromatic rings. The van der Waals surface area contributed by atoms with Gasteiger partial charge in [0.2, 0.25) is 15.9 Å². The fourth-order valence-electron chi connectivity index (χ4n) is 2.26. The van der Waals surface area contributed by atoms with E-state index in [2.05, 4.69) is 10.0 Å². The Kier molecular flexibility index (Phi) is 6.64. The van der Waals surface area contributed by atoms with Crippen LogP contribution in [0.1, 0.15) is 26.0 Å². The second kappa shape index (κ2) is 8.51. The number of carbonyl (C=O) groups excluding carboxylic acids is 1. The van der Waals surface area contributed by atoms with Crippen LogP contribution in [-0.4, -0.2) is 20.4 Å². The number of furan rings is 1. The molecule has 0 bridgehead atoms. The van der Waals surface area contributed by atoms with Gasteiger partial charge in [-0.15, -0.1) is 0 Å². The molecule has 136 valence electrons. The molecule has 6 nitrogen and oxygen atoms in total. The van der Waals surface area contributed by atoms with Crippen LogP contribution in [0.15, 0.2) is 52.0 Å². The van der Waals surface area contributed by atoms with E-state index >= 15 is 0 Å². The Bertz CT molecular complexity index is 787. The molecule has 2 rings (SSSR count). The molecule has 25 heavy (non-hydrogen) atoms. The number of amides is 1. The van der Waals surface area contributed by atoms with Gasteiger partial charge >= 0.3 is 0 Å². The highest BCUT2D eigenvalue weighted by molar-refractivity contribution is 7.89. The quantitative estimate of drug-likeness (QED) is 0.732. The Morgan fingerprint density at radius 3 is 2.44 bits per heavy atom. The number of nitrogens with one attached hydrogen (secondary N) is 2. The van der Waals surface area contributed by atoms with Crippen molar-refractivity contribution in [1.29, 1.82) is 0 Å². The summed E-state index contributed by atoms with van der Waals surface area (Å²) in [5.41, 5.74) is 0. The lowest BCUT2D eigenvalue weighted by molar-refractivity contribution is -0.123. The summed E-state index contributed by atoms with van der Waals surface area (Å²) in [6.07, 6.45) is 1.88. The first-order valence-corrected chi connectivity index (χ1v) is 9.72. The van der Waals surface area contributed by atoms with Crippen LogP contribution in [0, 0.1) is 5.92 Å². The van der Waals surface area contributed by atoms with E-state index in [-0.39, 0.29) is 17.4 Å². The molecule has 0 spiro atoms. The van der Waals surface area contributed by atoms with Gasteiger partial charge in [-0.05, 0) is 48.7 Å². The van der Waals surface area contributed by atoms with Crippen LogP contribution in [0.25, 0.3) is 0 Å². The minimum Gasteiger partial charge on any atom is -0.467 e.